The summed E-state index contributed by atoms with van der Waals surface area (Å²) in [6.07, 6.45) is 0.736. The van der Waals surface area contributed by atoms with E-state index in [1.54, 1.807) is 17.4 Å². The Kier molecular flexibility index (Phi) is 4.05. The highest BCUT2D eigenvalue weighted by atomic mass is 35.5. The van der Waals surface area contributed by atoms with E-state index in [0.717, 1.165) is 22.6 Å². The zero-order valence-electron chi connectivity index (χ0n) is 9.28. The Bertz CT molecular complexity index is 525. The molecule has 0 aliphatic rings. The third kappa shape index (κ3) is 2.99. The molecule has 1 aromatic heterocycles. The monoisotopic (exact) mass is 286 g/mol. The van der Waals surface area contributed by atoms with Gasteiger partial charge in [0.2, 0.25) is 0 Å². The van der Waals surface area contributed by atoms with Gasteiger partial charge in [-0.05, 0) is 31.0 Å². The van der Waals surface area contributed by atoms with Gasteiger partial charge in [0.25, 0.3) is 0 Å². The molecule has 0 radical (unpaired) electrons. The molecule has 0 spiro atoms. The number of aromatic nitrogens is 1. The Morgan fingerprint density at radius 3 is 2.71 bits per heavy atom. The Labute approximate surface area is 114 Å². The van der Waals surface area contributed by atoms with Gasteiger partial charge in [0, 0.05) is 10.9 Å². The molecule has 2 rings (SSSR count). The lowest BCUT2D eigenvalue weighted by Gasteiger charge is -2.11. The van der Waals surface area contributed by atoms with Crippen LogP contribution in [0.3, 0.4) is 0 Å². The summed E-state index contributed by atoms with van der Waals surface area (Å²) in [5.41, 5.74) is 10.1. The number of aryl methyl sites for hydroxylation is 1. The van der Waals surface area contributed by atoms with Crippen LogP contribution in [0.5, 0.6) is 0 Å². The number of rotatable bonds is 3. The number of thiazole rings is 1. The minimum Gasteiger partial charge on any atom is -0.323 e. The van der Waals surface area contributed by atoms with Gasteiger partial charge in [0.05, 0.1) is 21.2 Å². The van der Waals surface area contributed by atoms with Crippen LogP contribution < -0.4 is 5.73 Å². The summed E-state index contributed by atoms with van der Waals surface area (Å²) in [4.78, 5) is 5.32. The van der Waals surface area contributed by atoms with Gasteiger partial charge in [0.15, 0.2) is 0 Å². The normalized spacial score (nSPS) is 12.7. The molecule has 0 amide bonds. The number of nitrogens with zero attached hydrogens (tertiary/aromatic N) is 1. The van der Waals surface area contributed by atoms with E-state index in [4.69, 9.17) is 28.9 Å². The van der Waals surface area contributed by atoms with E-state index in [9.17, 15) is 0 Å². The fourth-order valence-corrected chi connectivity index (χ4v) is 2.81. The first-order chi connectivity index (χ1) is 8.08. The van der Waals surface area contributed by atoms with Crippen molar-refractivity contribution in [3.05, 3.63) is 49.9 Å². The molecule has 0 saturated heterocycles. The topological polar surface area (TPSA) is 38.9 Å². The quantitative estimate of drug-likeness (QED) is 0.926. The van der Waals surface area contributed by atoms with E-state index < -0.39 is 0 Å². The second kappa shape index (κ2) is 5.36. The first-order valence-electron chi connectivity index (χ1n) is 5.17. The van der Waals surface area contributed by atoms with E-state index in [1.165, 1.54) is 0 Å². The van der Waals surface area contributed by atoms with Gasteiger partial charge >= 0.3 is 0 Å². The molecule has 0 bridgehead atoms. The summed E-state index contributed by atoms with van der Waals surface area (Å²) in [5, 5.41) is 1.13. The minimum absolute atomic E-state index is 0.0419. The summed E-state index contributed by atoms with van der Waals surface area (Å²) in [5.74, 6) is 0. The predicted molar refractivity (Wildman–Crippen MR) is 73.9 cm³/mol. The lowest BCUT2D eigenvalue weighted by atomic mass is 10.0. The smallest absolute Gasteiger partial charge is 0.0798 e. The second-order valence-electron chi connectivity index (χ2n) is 3.86. The molecule has 0 fully saturated rings. The first kappa shape index (κ1) is 12.8. The van der Waals surface area contributed by atoms with E-state index >= 15 is 0 Å². The van der Waals surface area contributed by atoms with Crippen molar-refractivity contribution in [2.45, 2.75) is 19.4 Å². The Morgan fingerprint density at radius 2 is 2.12 bits per heavy atom. The Hall–Kier alpha value is -0.610. The lowest BCUT2D eigenvalue weighted by Crippen LogP contribution is -2.13. The van der Waals surface area contributed by atoms with Crippen LogP contribution in [-0.2, 0) is 6.42 Å². The van der Waals surface area contributed by atoms with Crippen LogP contribution in [0.25, 0.3) is 0 Å². The molecule has 2 N–H and O–H groups in total. The van der Waals surface area contributed by atoms with Crippen LogP contribution in [0.15, 0.2) is 23.7 Å². The number of hydrogen-bond acceptors (Lipinski definition) is 3. The number of hydrogen-bond donors (Lipinski definition) is 1. The number of halogens is 2. The third-order valence-corrected chi connectivity index (χ3v) is 4.36. The molecule has 1 heterocycles. The highest BCUT2D eigenvalue weighted by Crippen LogP contribution is 2.27. The summed E-state index contributed by atoms with van der Waals surface area (Å²) in [7, 11) is 0. The van der Waals surface area contributed by atoms with Crippen LogP contribution in [0.4, 0.5) is 0 Å². The summed E-state index contributed by atoms with van der Waals surface area (Å²) < 4.78 is 0. The van der Waals surface area contributed by atoms with Crippen molar-refractivity contribution in [2.24, 2.45) is 5.73 Å². The summed E-state index contributed by atoms with van der Waals surface area (Å²) >= 11 is 13.4. The zero-order valence-corrected chi connectivity index (χ0v) is 11.6. The minimum atomic E-state index is -0.0419. The van der Waals surface area contributed by atoms with Crippen LogP contribution in [0, 0.1) is 6.92 Å². The molecule has 1 atom stereocenters. The largest absolute Gasteiger partial charge is 0.323 e. The van der Waals surface area contributed by atoms with Crippen molar-refractivity contribution >= 4 is 34.5 Å². The van der Waals surface area contributed by atoms with Crippen LogP contribution in [-0.4, -0.2) is 4.98 Å². The van der Waals surface area contributed by atoms with Crippen molar-refractivity contribution in [1.82, 2.24) is 4.98 Å². The first-order valence-corrected chi connectivity index (χ1v) is 6.81. The van der Waals surface area contributed by atoms with Crippen molar-refractivity contribution in [2.75, 3.05) is 0 Å². The van der Waals surface area contributed by atoms with Gasteiger partial charge in [-0.1, -0.05) is 29.3 Å². The van der Waals surface area contributed by atoms with E-state index in [1.807, 2.05) is 24.6 Å². The highest BCUT2D eigenvalue weighted by molar-refractivity contribution is 7.09. The standard InChI is InChI=1S/C12H12Cl2N2S/c1-7-12(17-6-16-7)11(15)5-8-2-3-9(13)10(14)4-8/h2-4,6,11H,5,15H2,1H3. The maximum atomic E-state index is 6.15. The molecule has 1 aromatic carbocycles. The van der Waals surface area contributed by atoms with Gasteiger partial charge in [-0.25, -0.2) is 4.98 Å². The lowest BCUT2D eigenvalue weighted by molar-refractivity contribution is 0.729. The number of nitrogens with two attached hydrogens (primary N) is 1. The van der Waals surface area contributed by atoms with Crippen LogP contribution >= 0.6 is 34.5 Å². The number of benzene rings is 1. The van der Waals surface area contributed by atoms with Crippen LogP contribution in [0.2, 0.25) is 10.0 Å². The molecule has 0 saturated carbocycles. The van der Waals surface area contributed by atoms with Crippen molar-refractivity contribution < 1.29 is 0 Å². The van der Waals surface area contributed by atoms with Crippen molar-refractivity contribution in [3.63, 3.8) is 0 Å². The van der Waals surface area contributed by atoms with E-state index in [0.29, 0.717) is 10.0 Å². The molecule has 17 heavy (non-hydrogen) atoms. The Balaban J connectivity index is 2.16. The molecule has 1 unspecified atom stereocenters. The molecule has 90 valence electrons. The molecule has 2 nitrogen and oxygen atoms in total. The van der Waals surface area contributed by atoms with Crippen molar-refractivity contribution in [3.8, 4) is 0 Å². The molecule has 0 aliphatic heterocycles. The van der Waals surface area contributed by atoms with Gasteiger partial charge in [-0.3, -0.25) is 0 Å². The average Bonchev–Trinajstić information content (AvgIpc) is 2.70. The third-order valence-electron chi connectivity index (χ3n) is 2.56. The van der Waals surface area contributed by atoms with Gasteiger partial charge in [-0.2, -0.15) is 0 Å². The average molecular weight is 287 g/mol. The van der Waals surface area contributed by atoms with Crippen molar-refractivity contribution in [1.29, 1.82) is 0 Å². The van der Waals surface area contributed by atoms with Gasteiger partial charge < -0.3 is 5.73 Å². The molecule has 0 aliphatic carbocycles. The molecule has 2 aromatic rings. The van der Waals surface area contributed by atoms with Gasteiger partial charge in [0.1, 0.15) is 0 Å². The van der Waals surface area contributed by atoms with E-state index in [2.05, 4.69) is 4.98 Å². The van der Waals surface area contributed by atoms with Crippen LogP contribution in [0.1, 0.15) is 22.2 Å². The SMILES string of the molecule is Cc1ncsc1C(N)Cc1ccc(Cl)c(Cl)c1. The second-order valence-corrected chi connectivity index (χ2v) is 5.56. The predicted octanol–water partition coefficient (Wildman–Crippen LogP) is 4.00. The summed E-state index contributed by atoms with van der Waals surface area (Å²) in [6.45, 7) is 1.97. The highest BCUT2D eigenvalue weighted by Gasteiger charge is 2.12. The van der Waals surface area contributed by atoms with E-state index in [-0.39, 0.29) is 6.04 Å². The molecular weight excluding hydrogens is 275 g/mol. The molecule has 5 heteroatoms. The zero-order chi connectivity index (χ0) is 12.4. The summed E-state index contributed by atoms with van der Waals surface area (Å²) in [6, 6.07) is 5.57. The maximum Gasteiger partial charge on any atom is 0.0798 e. The maximum absolute atomic E-state index is 6.15. The fourth-order valence-electron chi connectivity index (χ4n) is 1.68. The fraction of sp³-hybridized carbons (Fsp3) is 0.250. The molecular formula is C12H12Cl2N2S. The van der Waals surface area contributed by atoms with Gasteiger partial charge in [-0.15, -0.1) is 11.3 Å². The Morgan fingerprint density at radius 1 is 1.35 bits per heavy atom.